The predicted octanol–water partition coefficient (Wildman–Crippen LogP) is -0.307. The fraction of sp³-hybridized carbons (Fsp3) is 0.909. The number of carbonyl (C=O) groups excluding carboxylic acids is 1. The zero-order chi connectivity index (χ0) is 13.4. The minimum absolute atomic E-state index is 0.259. The van der Waals surface area contributed by atoms with Crippen LogP contribution in [0.5, 0.6) is 0 Å². The van der Waals surface area contributed by atoms with Gasteiger partial charge in [0.25, 0.3) is 0 Å². The summed E-state index contributed by atoms with van der Waals surface area (Å²) in [5.41, 5.74) is -0.324. The second-order valence-electron chi connectivity index (χ2n) is 5.28. The highest BCUT2D eigenvalue weighted by molar-refractivity contribution is 7.89. The highest BCUT2D eigenvalue weighted by atomic mass is 32.2. The molecule has 2 heterocycles. The first-order valence-electron chi connectivity index (χ1n) is 6.27. The van der Waals surface area contributed by atoms with Crippen molar-refractivity contribution < 1.29 is 17.9 Å². The van der Waals surface area contributed by atoms with Gasteiger partial charge in [-0.3, -0.25) is 4.79 Å². The number of cyclic esters (lactones) is 1. The monoisotopic (exact) mass is 276 g/mol. The average Bonchev–Trinajstić information content (AvgIpc) is 2.54. The fourth-order valence-corrected chi connectivity index (χ4v) is 3.81. The molecule has 6 nitrogen and oxygen atoms in total. The van der Waals surface area contributed by atoms with Crippen molar-refractivity contribution in [2.24, 2.45) is 10.6 Å². The van der Waals surface area contributed by atoms with Crippen molar-refractivity contribution in [3.05, 3.63) is 0 Å². The number of sulfonamides is 1. The van der Waals surface area contributed by atoms with Crippen LogP contribution in [0.25, 0.3) is 0 Å². The molecule has 2 saturated heterocycles. The SMILES string of the molecule is CCN1CCC2(CC1)CC(=O)OC2CS(N)(=O)=O. The highest BCUT2D eigenvalue weighted by Crippen LogP contribution is 2.44. The van der Waals surface area contributed by atoms with Crippen LogP contribution < -0.4 is 5.14 Å². The molecule has 2 rings (SSSR count). The molecule has 0 aromatic rings. The number of ether oxygens (including phenoxy) is 1. The summed E-state index contributed by atoms with van der Waals surface area (Å²) < 4.78 is 27.6. The van der Waals surface area contributed by atoms with Crippen LogP contribution in [0.1, 0.15) is 26.2 Å². The lowest BCUT2D eigenvalue weighted by Crippen LogP contribution is -2.46. The minimum Gasteiger partial charge on any atom is -0.461 e. The van der Waals surface area contributed by atoms with Crippen LogP contribution in [0, 0.1) is 5.41 Å². The maximum absolute atomic E-state index is 11.5. The van der Waals surface area contributed by atoms with E-state index in [4.69, 9.17) is 9.88 Å². The minimum atomic E-state index is -3.62. The lowest BCUT2D eigenvalue weighted by molar-refractivity contribution is -0.141. The normalized spacial score (nSPS) is 28.6. The molecule has 0 amide bonds. The Labute approximate surface area is 108 Å². The third-order valence-electron chi connectivity index (χ3n) is 4.14. The summed E-state index contributed by atoms with van der Waals surface area (Å²) in [7, 11) is -3.62. The summed E-state index contributed by atoms with van der Waals surface area (Å²) in [5.74, 6) is -0.557. The van der Waals surface area contributed by atoms with Crippen LogP contribution >= 0.6 is 0 Å². The van der Waals surface area contributed by atoms with E-state index in [2.05, 4.69) is 11.8 Å². The smallest absolute Gasteiger partial charge is 0.306 e. The molecular formula is C11H20N2O4S. The number of hydrogen-bond acceptors (Lipinski definition) is 5. The van der Waals surface area contributed by atoms with Crippen molar-refractivity contribution in [3.8, 4) is 0 Å². The number of esters is 1. The van der Waals surface area contributed by atoms with E-state index < -0.39 is 16.1 Å². The maximum atomic E-state index is 11.5. The fourth-order valence-electron chi connectivity index (χ4n) is 2.96. The number of piperidine rings is 1. The van der Waals surface area contributed by atoms with Gasteiger partial charge < -0.3 is 9.64 Å². The molecule has 104 valence electrons. The molecule has 7 heteroatoms. The van der Waals surface area contributed by atoms with Crippen LogP contribution in [-0.4, -0.2) is 50.8 Å². The van der Waals surface area contributed by atoms with Crippen LogP contribution in [-0.2, 0) is 19.6 Å². The zero-order valence-electron chi connectivity index (χ0n) is 10.6. The Bertz CT molecular complexity index is 426. The molecule has 2 aliphatic heterocycles. The van der Waals surface area contributed by atoms with Gasteiger partial charge in [0.15, 0.2) is 0 Å². The number of hydrogen-bond donors (Lipinski definition) is 1. The Balaban J connectivity index is 2.12. The molecule has 0 saturated carbocycles. The first-order valence-corrected chi connectivity index (χ1v) is 7.98. The van der Waals surface area contributed by atoms with Gasteiger partial charge in [-0.25, -0.2) is 13.6 Å². The van der Waals surface area contributed by atoms with Gasteiger partial charge >= 0.3 is 5.97 Å². The molecule has 0 aliphatic carbocycles. The quantitative estimate of drug-likeness (QED) is 0.714. The van der Waals surface area contributed by atoms with E-state index >= 15 is 0 Å². The van der Waals surface area contributed by atoms with Gasteiger partial charge in [0.1, 0.15) is 11.9 Å². The third kappa shape index (κ3) is 2.84. The Kier molecular flexibility index (Phi) is 3.66. The molecule has 0 bridgehead atoms. The van der Waals surface area contributed by atoms with Crippen molar-refractivity contribution in [3.63, 3.8) is 0 Å². The molecule has 1 spiro atoms. The van der Waals surface area contributed by atoms with Crippen LogP contribution in [0.15, 0.2) is 0 Å². The number of nitrogens with two attached hydrogens (primary N) is 1. The van der Waals surface area contributed by atoms with Crippen molar-refractivity contribution >= 4 is 16.0 Å². The van der Waals surface area contributed by atoms with Gasteiger partial charge in [-0.05, 0) is 32.5 Å². The van der Waals surface area contributed by atoms with Crippen LogP contribution in [0.4, 0.5) is 0 Å². The second-order valence-corrected chi connectivity index (χ2v) is 6.94. The van der Waals surface area contributed by atoms with Gasteiger partial charge in [-0.2, -0.15) is 0 Å². The molecule has 2 aliphatic rings. The number of primary sulfonamides is 1. The molecule has 1 atom stereocenters. The van der Waals surface area contributed by atoms with E-state index in [1.165, 1.54) is 0 Å². The van der Waals surface area contributed by atoms with Crippen LogP contribution in [0.2, 0.25) is 0 Å². The second kappa shape index (κ2) is 4.79. The van der Waals surface area contributed by atoms with Gasteiger partial charge in [-0.15, -0.1) is 0 Å². The molecular weight excluding hydrogens is 256 g/mol. The van der Waals surface area contributed by atoms with Crippen molar-refractivity contribution in [1.29, 1.82) is 0 Å². The number of nitrogens with zero attached hydrogens (tertiary/aromatic N) is 1. The van der Waals surface area contributed by atoms with E-state index in [1.807, 2.05) is 0 Å². The summed E-state index contributed by atoms with van der Waals surface area (Å²) >= 11 is 0. The molecule has 0 aromatic carbocycles. The topological polar surface area (TPSA) is 89.7 Å². The first-order chi connectivity index (χ1) is 8.35. The van der Waals surface area contributed by atoms with Gasteiger partial charge in [0.05, 0.1) is 6.42 Å². The summed E-state index contributed by atoms with van der Waals surface area (Å²) in [4.78, 5) is 13.8. The summed E-state index contributed by atoms with van der Waals surface area (Å²) in [6, 6.07) is 0. The summed E-state index contributed by atoms with van der Waals surface area (Å²) in [6.45, 7) is 4.84. The van der Waals surface area contributed by atoms with Gasteiger partial charge in [0, 0.05) is 5.41 Å². The largest absolute Gasteiger partial charge is 0.461 e. The van der Waals surface area contributed by atoms with Crippen molar-refractivity contribution in [1.82, 2.24) is 4.90 Å². The standard InChI is InChI=1S/C11H20N2O4S/c1-2-13-5-3-11(4-6-13)7-10(14)17-9(11)8-18(12,15)16/h9H,2-8H2,1H3,(H2,12,15,16). The van der Waals surface area contributed by atoms with E-state index in [-0.39, 0.29) is 17.1 Å². The molecule has 2 N–H and O–H groups in total. The van der Waals surface area contributed by atoms with E-state index in [0.29, 0.717) is 6.42 Å². The van der Waals surface area contributed by atoms with E-state index in [1.54, 1.807) is 0 Å². The van der Waals surface area contributed by atoms with Gasteiger partial charge in [0.2, 0.25) is 10.0 Å². The Morgan fingerprint density at radius 2 is 2.06 bits per heavy atom. The Hall–Kier alpha value is -0.660. The average molecular weight is 276 g/mol. The Morgan fingerprint density at radius 1 is 1.44 bits per heavy atom. The number of carbonyl (C=O) groups is 1. The summed E-state index contributed by atoms with van der Waals surface area (Å²) in [5, 5.41) is 5.07. The zero-order valence-corrected chi connectivity index (χ0v) is 11.4. The molecule has 1 unspecified atom stereocenters. The number of likely N-dealkylation sites (tertiary alicyclic amines) is 1. The van der Waals surface area contributed by atoms with Crippen LogP contribution in [0.3, 0.4) is 0 Å². The molecule has 0 radical (unpaired) electrons. The Morgan fingerprint density at radius 3 is 2.56 bits per heavy atom. The molecule has 2 fully saturated rings. The van der Waals surface area contributed by atoms with E-state index in [0.717, 1.165) is 32.5 Å². The highest BCUT2D eigenvalue weighted by Gasteiger charge is 2.51. The predicted molar refractivity (Wildman–Crippen MR) is 66.3 cm³/mol. The number of rotatable bonds is 3. The molecule has 0 aromatic heterocycles. The van der Waals surface area contributed by atoms with Gasteiger partial charge in [-0.1, -0.05) is 6.92 Å². The lowest BCUT2D eigenvalue weighted by Gasteiger charge is -2.40. The third-order valence-corrected chi connectivity index (χ3v) is 4.90. The lowest BCUT2D eigenvalue weighted by atomic mass is 9.73. The van der Waals surface area contributed by atoms with Crippen molar-refractivity contribution in [2.75, 3.05) is 25.4 Å². The van der Waals surface area contributed by atoms with E-state index in [9.17, 15) is 13.2 Å². The molecule has 18 heavy (non-hydrogen) atoms. The maximum Gasteiger partial charge on any atom is 0.306 e. The summed E-state index contributed by atoms with van der Waals surface area (Å²) in [6.07, 6.45) is 1.35. The first kappa shape index (κ1) is 13.8. The van der Waals surface area contributed by atoms with Crippen molar-refractivity contribution in [2.45, 2.75) is 32.3 Å².